The summed E-state index contributed by atoms with van der Waals surface area (Å²) in [7, 11) is 3.31. The summed E-state index contributed by atoms with van der Waals surface area (Å²) in [6.45, 7) is 0. The van der Waals surface area contributed by atoms with Gasteiger partial charge < -0.3 is 9.64 Å². The zero-order chi connectivity index (χ0) is 17.1. The number of likely N-dealkylation sites (N-methyl/N-ethyl adjacent to an activating group) is 1. The standard InChI is InChI=1S/C20H21NO3/c1-21(2)19(22)18(15-7-4-3-5-8-15)24-20(23)17-12-11-14-9-6-10-16(14)13-17/h3-5,7-8,11-13,18H,6,9-10H2,1-2H3/t18-/m1/s1. The molecule has 24 heavy (non-hydrogen) atoms. The highest BCUT2D eigenvalue weighted by atomic mass is 16.5. The fraction of sp³-hybridized carbons (Fsp3) is 0.300. The molecule has 1 aliphatic rings. The van der Waals surface area contributed by atoms with E-state index in [0.29, 0.717) is 11.1 Å². The molecule has 1 amide bonds. The van der Waals surface area contributed by atoms with Crippen molar-refractivity contribution < 1.29 is 14.3 Å². The summed E-state index contributed by atoms with van der Waals surface area (Å²) in [6, 6.07) is 14.8. The molecule has 124 valence electrons. The largest absolute Gasteiger partial charge is 0.444 e. The van der Waals surface area contributed by atoms with Crippen LogP contribution in [-0.4, -0.2) is 30.9 Å². The van der Waals surface area contributed by atoms with Crippen molar-refractivity contribution >= 4 is 11.9 Å². The van der Waals surface area contributed by atoms with Gasteiger partial charge in [-0.25, -0.2) is 4.79 Å². The van der Waals surface area contributed by atoms with E-state index in [0.717, 1.165) is 19.3 Å². The van der Waals surface area contributed by atoms with Gasteiger partial charge in [0.25, 0.3) is 5.91 Å². The van der Waals surface area contributed by atoms with Crippen LogP contribution in [0.25, 0.3) is 0 Å². The summed E-state index contributed by atoms with van der Waals surface area (Å²) >= 11 is 0. The van der Waals surface area contributed by atoms with Gasteiger partial charge in [-0.2, -0.15) is 0 Å². The lowest BCUT2D eigenvalue weighted by molar-refractivity contribution is -0.138. The van der Waals surface area contributed by atoms with E-state index in [4.69, 9.17) is 4.74 Å². The van der Waals surface area contributed by atoms with Crippen LogP contribution in [0.15, 0.2) is 48.5 Å². The van der Waals surface area contributed by atoms with Gasteiger partial charge in [-0.1, -0.05) is 36.4 Å². The van der Waals surface area contributed by atoms with Crippen LogP contribution < -0.4 is 0 Å². The molecule has 0 aromatic heterocycles. The van der Waals surface area contributed by atoms with Gasteiger partial charge in [0.2, 0.25) is 6.10 Å². The second kappa shape index (κ2) is 6.87. The van der Waals surface area contributed by atoms with Crippen molar-refractivity contribution in [2.24, 2.45) is 0 Å². The fourth-order valence-electron chi connectivity index (χ4n) is 3.00. The van der Waals surface area contributed by atoms with Crippen LogP contribution in [0.3, 0.4) is 0 Å². The molecule has 2 aromatic rings. The Bertz CT molecular complexity index is 753. The van der Waals surface area contributed by atoms with E-state index in [1.54, 1.807) is 32.3 Å². The third kappa shape index (κ3) is 3.32. The van der Waals surface area contributed by atoms with Crippen molar-refractivity contribution in [3.63, 3.8) is 0 Å². The molecular weight excluding hydrogens is 302 g/mol. The monoisotopic (exact) mass is 323 g/mol. The van der Waals surface area contributed by atoms with E-state index in [1.807, 2.05) is 30.3 Å². The highest BCUT2D eigenvalue weighted by Crippen LogP contribution is 2.25. The summed E-state index contributed by atoms with van der Waals surface area (Å²) < 4.78 is 5.58. The van der Waals surface area contributed by atoms with Gasteiger partial charge in [-0.3, -0.25) is 4.79 Å². The number of rotatable bonds is 4. The van der Waals surface area contributed by atoms with Gasteiger partial charge in [-0.15, -0.1) is 0 Å². The topological polar surface area (TPSA) is 46.6 Å². The minimum Gasteiger partial charge on any atom is -0.444 e. The van der Waals surface area contributed by atoms with Gasteiger partial charge in [0, 0.05) is 19.7 Å². The quantitative estimate of drug-likeness (QED) is 0.812. The Labute approximate surface area is 142 Å². The van der Waals surface area contributed by atoms with Crippen LogP contribution in [-0.2, 0) is 22.4 Å². The number of carbonyl (C=O) groups excluding carboxylic acids is 2. The Kier molecular flexibility index (Phi) is 4.65. The molecule has 0 saturated heterocycles. The third-order valence-electron chi connectivity index (χ3n) is 4.33. The lowest BCUT2D eigenvalue weighted by atomic mass is 10.1. The van der Waals surface area contributed by atoms with Gasteiger partial charge in [0.15, 0.2) is 0 Å². The van der Waals surface area contributed by atoms with E-state index in [1.165, 1.54) is 16.0 Å². The predicted octanol–water partition coefficient (Wildman–Crippen LogP) is 3.16. The molecule has 0 unspecified atom stereocenters. The van der Waals surface area contributed by atoms with Crippen molar-refractivity contribution in [2.45, 2.75) is 25.4 Å². The molecule has 0 saturated carbocycles. The molecule has 0 N–H and O–H groups in total. The number of aryl methyl sites for hydroxylation is 2. The molecule has 3 rings (SSSR count). The van der Waals surface area contributed by atoms with Crippen LogP contribution in [0.5, 0.6) is 0 Å². The van der Waals surface area contributed by atoms with Gasteiger partial charge in [0.1, 0.15) is 0 Å². The minimum absolute atomic E-state index is 0.254. The maximum absolute atomic E-state index is 12.6. The zero-order valence-corrected chi connectivity index (χ0v) is 14.0. The van der Waals surface area contributed by atoms with Gasteiger partial charge in [0.05, 0.1) is 5.56 Å². The van der Waals surface area contributed by atoms with Crippen molar-refractivity contribution in [3.8, 4) is 0 Å². The molecular formula is C20H21NO3. The number of ether oxygens (including phenoxy) is 1. The van der Waals surface area contributed by atoms with Crippen LogP contribution in [0.1, 0.15) is 39.6 Å². The van der Waals surface area contributed by atoms with Crippen LogP contribution in [0, 0.1) is 0 Å². The second-order valence-electron chi connectivity index (χ2n) is 6.27. The fourth-order valence-corrected chi connectivity index (χ4v) is 3.00. The molecule has 2 aromatic carbocycles. The van der Waals surface area contributed by atoms with E-state index in [2.05, 4.69) is 0 Å². The Balaban J connectivity index is 1.84. The lowest BCUT2D eigenvalue weighted by Gasteiger charge is -2.21. The maximum atomic E-state index is 12.6. The Morgan fingerprint density at radius 1 is 1.00 bits per heavy atom. The molecule has 0 bridgehead atoms. The Morgan fingerprint density at radius 3 is 2.42 bits per heavy atom. The second-order valence-corrected chi connectivity index (χ2v) is 6.27. The molecule has 0 spiro atoms. The summed E-state index contributed by atoms with van der Waals surface area (Å²) in [6.07, 6.45) is 2.26. The predicted molar refractivity (Wildman–Crippen MR) is 91.8 cm³/mol. The van der Waals surface area contributed by atoms with Crippen LogP contribution in [0.2, 0.25) is 0 Å². The van der Waals surface area contributed by atoms with Crippen molar-refractivity contribution in [2.75, 3.05) is 14.1 Å². The number of carbonyl (C=O) groups is 2. The first-order valence-electron chi connectivity index (χ1n) is 8.15. The van der Waals surface area contributed by atoms with Crippen LogP contribution >= 0.6 is 0 Å². The van der Waals surface area contributed by atoms with Crippen molar-refractivity contribution in [1.29, 1.82) is 0 Å². The molecule has 4 nitrogen and oxygen atoms in total. The number of benzene rings is 2. The number of hydrogen-bond acceptors (Lipinski definition) is 3. The van der Waals surface area contributed by atoms with Gasteiger partial charge >= 0.3 is 5.97 Å². The van der Waals surface area contributed by atoms with Crippen molar-refractivity contribution in [1.82, 2.24) is 4.90 Å². The average Bonchev–Trinajstić information content (AvgIpc) is 3.07. The third-order valence-corrected chi connectivity index (χ3v) is 4.33. The normalized spacial score (nSPS) is 13.9. The molecule has 1 atom stereocenters. The number of amides is 1. The number of nitrogens with zero attached hydrogens (tertiary/aromatic N) is 1. The summed E-state index contributed by atoms with van der Waals surface area (Å²) in [5.74, 6) is -0.718. The zero-order valence-electron chi connectivity index (χ0n) is 14.0. The summed E-state index contributed by atoms with van der Waals surface area (Å²) in [5.41, 5.74) is 3.68. The first-order valence-corrected chi connectivity index (χ1v) is 8.15. The Hall–Kier alpha value is -2.62. The first kappa shape index (κ1) is 16.2. The van der Waals surface area contributed by atoms with E-state index in [9.17, 15) is 9.59 Å². The summed E-state index contributed by atoms with van der Waals surface area (Å²) in [4.78, 5) is 26.4. The Morgan fingerprint density at radius 2 is 1.71 bits per heavy atom. The number of fused-ring (bicyclic) bond motifs is 1. The van der Waals surface area contributed by atoms with Gasteiger partial charge in [-0.05, 0) is 42.5 Å². The smallest absolute Gasteiger partial charge is 0.339 e. The SMILES string of the molecule is CN(C)C(=O)[C@H](OC(=O)c1ccc2c(c1)CCC2)c1ccccc1. The summed E-state index contributed by atoms with van der Waals surface area (Å²) in [5, 5.41) is 0. The van der Waals surface area contributed by atoms with E-state index >= 15 is 0 Å². The van der Waals surface area contributed by atoms with E-state index in [-0.39, 0.29) is 5.91 Å². The highest BCUT2D eigenvalue weighted by Gasteiger charge is 2.27. The average molecular weight is 323 g/mol. The molecule has 1 aliphatic carbocycles. The van der Waals surface area contributed by atoms with E-state index < -0.39 is 12.1 Å². The molecule has 0 aliphatic heterocycles. The molecule has 0 radical (unpaired) electrons. The highest BCUT2D eigenvalue weighted by molar-refractivity contribution is 5.93. The maximum Gasteiger partial charge on any atom is 0.339 e. The molecule has 0 heterocycles. The van der Waals surface area contributed by atoms with Crippen LogP contribution in [0.4, 0.5) is 0 Å². The minimum atomic E-state index is -0.929. The van der Waals surface area contributed by atoms with Crippen molar-refractivity contribution in [3.05, 3.63) is 70.8 Å². The lowest BCUT2D eigenvalue weighted by Crippen LogP contribution is -2.31. The first-order chi connectivity index (χ1) is 11.6. The number of hydrogen-bond donors (Lipinski definition) is 0. The molecule has 4 heteroatoms. The molecule has 0 fully saturated rings. The number of esters is 1.